The van der Waals surface area contributed by atoms with Crippen LogP contribution in [0.25, 0.3) is 21.7 Å². The molecule has 0 bridgehead atoms. The summed E-state index contributed by atoms with van der Waals surface area (Å²) >= 11 is 0. The molecule has 1 amide bonds. The quantitative estimate of drug-likeness (QED) is 0.620. The lowest BCUT2D eigenvalue weighted by Crippen LogP contribution is -2.30. The molecular formula is C20H18N4O2. The normalized spacial score (nSPS) is 11.2. The standard InChI is InChI=1S/C20H18N4O2/c1-23(12-13-7-8-14-9-10-21-17(14)11-13)20(26)18-15-5-3-4-6-16(15)19(25)24(2)22-18/h3-11,21H,12H2,1-2H3. The van der Waals surface area contributed by atoms with Crippen molar-refractivity contribution in [3.8, 4) is 0 Å². The third-order valence-electron chi connectivity index (χ3n) is 4.54. The second-order valence-electron chi connectivity index (χ2n) is 6.38. The van der Waals surface area contributed by atoms with Gasteiger partial charge in [-0.1, -0.05) is 30.3 Å². The van der Waals surface area contributed by atoms with Crippen molar-refractivity contribution < 1.29 is 4.79 Å². The minimum Gasteiger partial charge on any atom is -0.361 e. The van der Waals surface area contributed by atoms with Crippen molar-refractivity contribution in [3.63, 3.8) is 0 Å². The van der Waals surface area contributed by atoms with E-state index in [4.69, 9.17) is 0 Å². The van der Waals surface area contributed by atoms with Crippen LogP contribution in [0.15, 0.2) is 59.5 Å². The fourth-order valence-corrected chi connectivity index (χ4v) is 3.18. The van der Waals surface area contributed by atoms with Gasteiger partial charge in [0.2, 0.25) is 0 Å². The highest BCUT2D eigenvalue weighted by molar-refractivity contribution is 6.04. The van der Waals surface area contributed by atoms with Gasteiger partial charge in [-0.05, 0) is 29.1 Å². The van der Waals surface area contributed by atoms with Crippen molar-refractivity contribution in [1.82, 2.24) is 19.7 Å². The summed E-state index contributed by atoms with van der Waals surface area (Å²) in [6.45, 7) is 0.451. The number of hydrogen-bond acceptors (Lipinski definition) is 3. The number of H-pyrrole nitrogens is 1. The maximum Gasteiger partial charge on any atom is 0.274 e. The van der Waals surface area contributed by atoms with Gasteiger partial charge in [0, 0.05) is 37.7 Å². The highest BCUT2D eigenvalue weighted by Gasteiger charge is 2.19. The number of aromatic amines is 1. The second-order valence-corrected chi connectivity index (χ2v) is 6.38. The van der Waals surface area contributed by atoms with Gasteiger partial charge in [-0.25, -0.2) is 4.68 Å². The van der Waals surface area contributed by atoms with Crippen LogP contribution in [0, 0.1) is 0 Å². The first-order valence-electron chi connectivity index (χ1n) is 8.32. The number of aryl methyl sites for hydroxylation is 1. The highest BCUT2D eigenvalue weighted by Crippen LogP contribution is 2.18. The molecule has 0 fully saturated rings. The Bertz CT molecular complexity index is 1190. The maximum atomic E-state index is 13.0. The summed E-state index contributed by atoms with van der Waals surface area (Å²) in [5, 5.41) is 6.42. The van der Waals surface area contributed by atoms with Crippen LogP contribution in [-0.2, 0) is 13.6 Å². The van der Waals surface area contributed by atoms with Crippen molar-refractivity contribution in [3.05, 3.63) is 76.3 Å². The van der Waals surface area contributed by atoms with Crippen molar-refractivity contribution in [2.75, 3.05) is 7.05 Å². The van der Waals surface area contributed by atoms with E-state index in [1.165, 1.54) is 4.68 Å². The Balaban J connectivity index is 1.69. The van der Waals surface area contributed by atoms with Gasteiger partial charge >= 0.3 is 0 Å². The van der Waals surface area contributed by atoms with Gasteiger partial charge in [0.25, 0.3) is 11.5 Å². The molecule has 0 unspecified atom stereocenters. The lowest BCUT2D eigenvalue weighted by Gasteiger charge is -2.18. The molecular weight excluding hydrogens is 328 g/mol. The average molecular weight is 346 g/mol. The summed E-state index contributed by atoms with van der Waals surface area (Å²) in [4.78, 5) is 30.0. The first kappa shape index (κ1) is 16.1. The van der Waals surface area contributed by atoms with Gasteiger partial charge < -0.3 is 9.88 Å². The minimum absolute atomic E-state index is 0.211. The van der Waals surface area contributed by atoms with Crippen LogP contribution in [0.1, 0.15) is 16.1 Å². The molecule has 2 aromatic heterocycles. The van der Waals surface area contributed by atoms with E-state index in [-0.39, 0.29) is 17.2 Å². The Morgan fingerprint density at radius 2 is 1.92 bits per heavy atom. The number of rotatable bonds is 3. The molecule has 4 rings (SSSR count). The van der Waals surface area contributed by atoms with Crippen LogP contribution in [0.3, 0.4) is 0 Å². The lowest BCUT2D eigenvalue weighted by molar-refractivity contribution is 0.0779. The molecule has 0 aliphatic carbocycles. The van der Waals surface area contributed by atoms with Crippen molar-refractivity contribution in [1.29, 1.82) is 0 Å². The number of benzene rings is 2. The summed E-state index contributed by atoms with van der Waals surface area (Å²) in [6, 6.07) is 15.1. The SMILES string of the molecule is CN(Cc1ccc2cc[nH]c2c1)C(=O)c1nn(C)c(=O)c2ccccc12. The molecule has 2 heterocycles. The second kappa shape index (κ2) is 6.15. The fraction of sp³-hybridized carbons (Fsp3) is 0.150. The largest absolute Gasteiger partial charge is 0.361 e. The molecule has 0 spiro atoms. The average Bonchev–Trinajstić information content (AvgIpc) is 3.12. The molecule has 6 heteroatoms. The Labute approximate surface area is 149 Å². The molecule has 0 saturated carbocycles. The molecule has 6 nitrogen and oxygen atoms in total. The van der Waals surface area contributed by atoms with E-state index in [1.807, 2.05) is 30.5 Å². The summed E-state index contributed by atoms with van der Waals surface area (Å²) in [5.41, 5.74) is 2.13. The topological polar surface area (TPSA) is 71.0 Å². The van der Waals surface area contributed by atoms with E-state index in [0.29, 0.717) is 17.3 Å². The molecule has 0 aliphatic heterocycles. The summed E-state index contributed by atoms with van der Waals surface area (Å²) in [6.07, 6.45) is 1.89. The molecule has 0 radical (unpaired) electrons. The van der Waals surface area contributed by atoms with E-state index in [2.05, 4.69) is 10.1 Å². The maximum absolute atomic E-state index is 13.0. The third kappa shape index (κ3) is 2.65. The predicted molar refractivity (Wildman–Crippen MR) is 101 cm³/mol. The molecule has 0 atom stereocenters. The Kier molecular flexibility index (Phi) is 3.80. The zero-order valence-corrected chi connectivity index (χ0v) is 14.6. The van der Waals surface area contributed by atoms with Crippen molar-refractivity contribution in [2.24, 2.45) is 7.05 Å². The molecule has 0 saturated heterocycles. The van der Waals surface area contributed by atoms with Crippen LogP contribution in [0.4, 0.5) is 0 Å². The van der Waals surface area contributed by atoms with Crippen LogP contribution in [0.2, 0.25) is 0 Å². The fourth-order valence-electron chi connectivity index (χ4n) is 3.18. The van der Waals surface area contributed by atoms with Gasteiger partial charge in [0.15, 0.2) is 5.69 Å². The van der Waals surface area contributed by atoms with Gasteiger partial charge in [0.1, 0.15) is 0 Å². The number of aromatic nitrogens is 3. The van der Waals surface area contributed by atoms with E-state index < -0.39 is 0 Å². The third-order valence-corrected chi connectivity index (χ3v) is 4.54. The van der Waals surface area contributed by atoms with Crippen molar-refractivity contribution in [2.45, 2.75) is 6.54 Å². The number of carbonyl (C=O) groups excluding carboxylic acids is 1. The van der Waals surface area contributed by atoms with Crippen LogP contribution < -0.4 is 5.56 Å². The smallest absolute Gasteiger partial charge is 0.274 e. The Morgan fingerprint density at radius 3 is 2.73 bits per heavy atom. The lowest BCUT2D eigenvalue weighted by atomic mass is 10.1. The van der Waals surface area contributed by atoms with Gasteiger partial charge in [0.05, 0.1) is 5.39 Å². The van der Waals surface area contributed by atoms with Gasteiger partial charge in [-0.15, -0.1) is 0 Å². The first-order chi connectivity index (χ1) is 12.5. The van der Waals surface area contributed by atoms with E-state index >= 15 is 0 Å². The summed E-state index contributed by atoms with van der Waals surface area (Å²) in [7, 11) is 3.30. The number of nitrogens with one attached hydrogen (secondary N) is 1. The molecule has 0 aliphatic rings. The Morgan fingerprint density at radius 1 is 1.15 bits per heavy atom. The van der Waals surface area contributed by atoms with Crippen molar-refractivity contribution >= 4 is 27.6 Å². The predicted octanol–water partition coefficient (Wildman–Crippen LogP) is 2.69. The van der Waals surface area contributed by atoms with E-state index in [1.54, 1.807) is 43.3 Å². The number of amides is 1. The Hall–Kier alpha value is -3.41. The number of nitrogens with zero attached hydrogens (tertiary/aromatic N) is 3. The summed E-state index contributed by atoms with van der Waals surface area (Å²) < 4.78 is 1.22. The van der Waals surface area contributed by atoms with Gasteiger partial charge in [-0.2, -0.15) is 5.10 Å². The molecule has 1 N–H and O–H groups in total. The number of fused-ring (bicyclic) bond motifs is 2. The zero-order valence-electron chi connectivity index (χ0n) is 14.6. The van der Waals surface area contributed by atoms with E-state index in [9.17, 15) is 9.59 Å². The highest BCUT2D eigenvalue weighted by atomic mass is 16.2. The van der Waals surface area contributed by atoms with Crippen LogP contribution in [0.5, 0.6) is 0 Å². The summed E-state index contributed by atoms with van der Waals surface area (Å²) in [5.74, 6) is -0.219. The zero-order chi connectivity index (χ0) is 18.3. The molecule has 26 heavy (non-hydrogen) atoms. The van der Waals surface area contributed by atoms with Crippen LogP contribution in [-0.4, -0.2) is 32.6 Å². The number of carbonyl (C=O) groups is 1. The van der Waals surface area contributed by atoms with Crippen LogP contribution >= 0.6 is 0 Å². The van der Waals surface area contributed by atoms with E-state index in [0.717, 1.165) is 16.5 Å². The molecule has 130 valence electrons. The molecule has 4 aromatic rings. The minimum atomic E-state index is -0.219. The van der Waals surface area contributed by atoms with Gasteiger partial charge in [-0.3, -0.25) is 9.59 Å². The first-order valence-corrected chi connectivity index (χ1v) is 8.32. The molecule has 2 aromatic carbocycles. The monoisotopic (exact) mass is 346 g/mol. The number of hydrogen-bond donors (Lipinski definition) is 1.